The van der Waals surface area contributed by atoms with Gasteiger partial charge in [0.25, 0.3) is 5.91 Å². The summed E-state index contributed by atoms with van der Waals surface area (Å²) in [5.41, 5.74) is 0.600. The van der Waals surface area contributed by atoms with Crippen LogP contribution in [0, 0.1) is 11.7 Å². The van der Waals surface area contributed by atoms with Crippen LogP contribution >= 0.6 is 0 Å². The van der Waals surface area contributed by atoms with Gasteiger partial charge in [-0.2, -0.15) is 0 Å². The summed E-state index contributed by atoms with van der Waals surface area (Å²) in [5.74, 6) is -0.585. The molecule has 1 heterocycles. The van der Waals surface area contributed by atoms with Gasteiger partial charge in [-0.3, -0.25) is 9.69 Å². The van der Waals surface area contributed by atoms with E-state index in [0.29, 0.717) is 5.56 Å². The highest BCUT2D eigenvalue weighted by atomic mass is 19.1. The Morgan fingerprint density at radius 1 is 1.39 bits per heavy atom. The van der Waals surface area contributed by atoms with Gasteiger partial charge in [-0.1, -0.05) is 26.0 Å². The Kier molecular flexibility index (Phi) is 3.32. The van der Waals surface area contributed by atoms with Crippen molar-refractivity contribution in [2.75, 3.05) is 0 Å². The minimum Gasteiger partial charge on any atom is -0.326 e. The molecule has 1 fully saturated rings. The molecule has 1 aromatic carbocycles. The van der Waals surface area contributed by atoms with E-state index in [1.54, 1.807) is 12.1 Å². The first-order valence-electron chi connectivity index (χ1n) is 5.85. The fourth-order valence-electron chi connectivity index (χ4n) is 1.96. The van der Waals surface area contributed by atoms with Crippen molar-refractivity contribution in [1.82, 2.24) is 10.2 Å². The van der Waals surface area contributed by atoms with Gasteiger partial charge >= 0.3 is 6.03 Å². The number of nitrogens with zero attached hydrogens (tertiary/aromatic N) is 1. The van der Waals surface area contributed by atoms with E-state index >= 15 is 0 Å². The number of halogens is 1. The average Bonchev–Trinajstić information content (AvgIpc) is 2.57. The standard InChI is InChI=1S/C13H15FN2O2/c1-8(2)11-12(17)16(13(18)15-11)7-9-4-3-5-10(14)6-9/h3-6,8,11H,7H2,1-2H3,(H,15,18). The van der Waals surface area contributed by atoms with E-state index in [1.807, 2.05) is 13.8 Å². The molecule has 4 nitrogen and oxygen atoms in total. The third-order valence-corrected chi connectivity index (χ3v) is 2.95. The van der Waals surface area contributed by atoms with Crippen molar-refractivity contribution in [3.8, 4) is 0 Å². The van der Waals surface area contributed by atoms with Crippen molar-refractivity contribution < 1.29 is 14.0 Å². The van der Waals surface area contributed by atoms with Crippen LogP contribution in [0.4, 0.5) is 9.18 Å². The van der Waals surface area contributed by atoms with Gasteiger partial charge in [-0.25, -0.2) is 9.18 Å². The number of hydrogen-bond donors (Lipinski definition) is 1. The fraction of sp³-hybridized carbons (Fsp3) is 0.385. The number of benzene rings is 1. The van der Waals surface area contributed by atoms with Crippen LogP contribution in [0.3, 0.4) is 0 Å². The zero-order valence-corrected chi connectivity index (χ0v) is 10.3. The SMILES string of the molecule is CC(C)C1NC(=O)N(Cc2cccc(F)c2)C1=O. The Morgan fingerprint density at radius 2 is 2.11 bits per heavy atom. The van der Waals surface area contributed by atoms with Crippen molar-refractivity contribution in [2.24, 2.45) is 5.92 Å². The molecule has 0 bridgehead atoms. The van der Waals surface area contributed by atoms with E-state index in [1.165, 1.54) is 12.1 Å². The lowest BCUT2D eigenvalue weighted by Gasteiger charge is -2.14. The molecule has 0 aliphatic carbocycles. The molecule has 1 unspecified atom stereocenters. The van der Waals surface area contributed by atoms with Gasteiger partial charge in [-0.05, 0) is 23.6 Å². The number of carbonyl (C=O) groups excluding carboxylic acids is 2. The number of carbonyl (C=O) groups is 2. The molecular weight excluding hydrogens is 235 g/mol. The zero-order chi connectivity index (χ0) is 13.3. The normalized spacial score (nSPS) is 19.6. The van der Waals surface area contributed by atoms with Crippen LogP contribution in [0.15, 0.2) is 24.3 Å². The summed E-state index contributed by atoms with van der Waals surface area (Å²) in [6.45, 7) is 3.84. The molecule has 96 valence electrons. The van der Waals surface area contributed by atoms with Gasteiger partial charge < -0.3 is 5.32 Å². The summed E-state index contributed by atoms with van der Waals surface area (Å²) in [5, 5.41) is 2.63. The monoisotopic (exact) mass is 250 g/mol. The quantitative estimate of drug-likeness (QED) is 0.833. The third-order valence-electron chi connectivity index (χ3n) is 2.95. The lowest BCUT2D eigenvalue weighted by molar-refractivity contribution is -0.128. The molecule has 1 atom stereocenters. The maximum Gasteiger partial charge on any atom is 0.325 e. The summed E-state index contributed by atoms with van der Waals surface area (Å²) >= 11 is 0. The van der Waals surface area contributed by atoms with Gasteiger partial charge in [0.1, 0.15) is 11.9 Å². The zero-order valence-electron chi connectivity index (χ0n) is 10.3. The van der Waals surface area contributed by atoms with Crippen LogP contribution < -0.4 is 5.32 Å². The first kappa shape index (κ1) is 12.5. The Bertz CT molecular complexity index is 488. The maximum atomic E-state index is 13.0. The summed E-state index contributed by atoms with van der Waals surface area (Å²) in [7, 11) is 0. The summed E-state index contributed by atoms with van der Waals surface area (Å²) in [6.07, 6.45) is 0. The van der Waals surface area contributed by atoms with Crippen LogP contribution in [0.25, 0.3) is 0 Å². The molecule has 1 aliphatic rings. The molecule has 1 saturated heterocycles. The van der Waals surface area contributed by atoms with Crippen LogP contribution in [0.1, 0.15) is 19.4 Å². The number of imide groups is 1. The molecule has 1 aliphatic heterocycles. The molecule has 0 spiro atoms. The van der Waals surface area contributed by atoms with Gasteiger partial charge in [0.05, 0.1) is 6.54 Å². The molecule has 18 heavy (non-hydrogen) atoms. The second kappa shape index (κ2) is 4.76. The Balaban J connectivity index is 2.15. The predicted molar refractivity (Wildman–Crippen MR) is 64.1 cm³/mol. The van der Waals surface area contributed by atoms with E-state index < -0.39 is 12.1 Å². The number of rotatable bonds is 3. The number of hydrogen-bond acceptors (Lipinski definition) is 2. The van der Waals surface area contributed by atoms with Crippen LogP contribution in [-0.4, -0.2) is 22.9 Å². The van der Waals surface area contributed by atoms with E-state index in [9.17, 15) is 14.0 Å². The maximum absolute atomic E-state index is 13.0. The number of urea groups is 1. The van der Waals surface area contributed by atoms with Crippen LogP contribution in [0.2, 0.25) is 0 Å². The van der Waals surface area contributed by atoms with Crippen molar-refractivity contribution in [2.45, 2.75) is 26.4 Å². The smallest absolute Gasteiger partial charge is 0.325 e. The van der Waals surface area contributed by atoms with E-state index in [2.05, 4.69) is 5.32 Å². The molecule has 1 aromatic rings. The predicted octanol–water partition coefficient (Wildman–Crippen LogP) is 1.90. The van der Waals surface area contributed by atoms with Gasteiger partial charge in [0, 0.05) is 0 Å². The molecule has 3 amide bonds. The number of amides is 3. The highest BCUT2D eigenvalue weighted by molar-refractivity contribution is 6.04. The van der Waals surface area contributed by atoms with E-state index in [-0.39, 0.29) is 24.2 Å². The van der Waals surface area contributed by atoms with Crippen molar-refractivity contribution >= 4 is 11.9 Å². The van der Waals surface area contributed by atoms with Gasteiger partial charge in [0.2, 0.25) is 0 Å². The second-order valence-electron chi connectivity index (χ2n) is 4.73. The Labute approximate surface area is 105 Å². The van der Waals surface area contributed by atoms with Crippen molar-refractivity contribution in [1.29, 1.82) is 0 Å². The van der Waals surface area contributed by atoms with Gasteiger partial charge in [0.15, 0.2) is 0 Å². The topological polar surface area (TPSA) is 49.4 Å². The molecule has 2 rings (SSSR count). The number of nitrogens with one attached hydrogen (secondary N) is 1. The Morgan fingerprint density at radius 3 is 2.67 bits per heavy atom. The summed E-state index contributed by atoms with van der Waals surface area (Å²) in [6, 6.07) is 5.00. The highest BCUT2D eigenvalue weighted by Crippen LogP contribution is 2.17. The van der Waals surface area contributed by atoms with Crippen molar-refractivity contribution in [3.05, 3.63) is 35.6 Å². The summed E-state index contributed by atoms with van der Waals surface area (Å²) < 4.78 is 13.0. The molecule has 0 saturated carbocycles. The lowest BCUT2D eigenvalue weighted by atomic mass is 10.0. The fourth-order valence-corrected chi connectivity index (χ4v) is 1.96. The lowest BCUT2D eigenvalue weighted by Crippen LogP contribution is -2.34. The first-order valence-corrected chi connectivity index (χ1v) is 5.85. The minimum atomic E-state index is -0.481. The first-order chi connectivity index (χ1) is 8.49. The largest absolute Gasteiger partial charge is 0.326 e. The second-order valence-corrected chi connectivity index (χ2v) is 4.73. The Hall–Kier alpha value is -1.91. The van der Waals surface area contributed by atoms with E-state index in [0.717, 1.165) is 4.90 Å². The minimum absolute atomic E-state index is 0.0407. The highest BCUT2D eigenvalue weighted by Gasteiger charge is 2.39. The molecule has 0 aromatic heterocycles. The molecule has 1 N–H and O–H groups in total. The molecule has 5 heteroatoms. The van der Waals surface area contributed by atoms with Gasteiger partial charge in [-0.15, -0.1) is 0 Å². The van der Waals surface area contributed by atoms with E-state index in [4.69, 9.17) is 0 Å². The van der Waals surface area contributed by atoms with Crippen LogP contribution in [-0.2, 0) is 11.3 Å². The molecular formula is C13H15FN2O2. The summed E-state index contributed by atoms with van der Waals surface area (Å²) in [4.78, 5) is 24.8. The van der Waals surface area contributed by atoms with Crippen LogP contribution in [0.5, 0.6) is 0 Å². The molecule has 0 radical (unpaired) electrons. The average molecular weight is 250 g/mol. The third kappa shape index (κ3) is 2.34. The van der Waals surface area contributed by atoms with Crippen molar-refractivity contribution in [3.63, 3.8) is 0 Å².